The van der Waals surface area contributed by atoms with E-state index in [0.717, 1.165) is 50.5 Å². The number of aryl methyl sites for hydroxylation is 1. The zero-order valence-electron chi connectivity index (χ0n) is 32.6. The van der Waals surface area contributed by atoms with Crippen LogP contribution in [0.3, 0.4) is 0 Å². The van der Waals surface area contributed by atoms with Crippen molar-refractivity contribution in [2.45, 2.75) is 49.1 Å². The zero-order valence-corrected chi connectivity index (χ0v) is 35.2. The molecule has 2 heterocycles. The molecule has 0 bridgehead atoms. The van der Waals surface area contributed by atoms with Crippen molar-refractivity contribution in [2.75, 3.05) is 32.7 Å². The van der Waals surface area contributed by atoms with Gasteiger partial charge in [-0.05, 0) is 112 Å². The summed E-state index contributed by atoms with van der Waals surface area (Å²) in [6, 6.07) is 18.6. The molecule has 6 rings (SSSR count). The van der Waals surface area contributed by atoms with Crippen molar-refractivity contribution in [1.29, 1.82) is 0 Å². The Balaban J connectivity index is 1.59. The van der Waals surface area contributed by atoms with Crippen LogP contribution in [-0.4, -0.2) is 73.9 Å². The fourth-order valence-corrected chi connectivity index (χ4v) is 11.9. The zero-order chi connectivity index (χ0) is 41.4. The maximum Gasteiger partial charge on any atom is 0.294 e. The summed E-state index contributed by atoms with van der Waals surface area (Å²) in [4.78, 5) is 19.4. The fraction of sp³-hybridized carbons (Fsp3) is 0.238. The number of nitrogens with one attached hydrogen (secondary N) is 1. The molecule has 0 aromatic heterocycles. The molecule has 12 nitrogen and oxygen atoms in total. The monoisotopic (exact) mass is 827 g/mol. The minimum atomic E-state index is -4.40. The molecule has 4 aromatic carbocycles. The summed E-state index contributed by atoms with van der Waals surface area (Å²) in [5, 5.41) is 4.71. The van der Waals surface area contributed by atoms with Gasteiger partial charge in [0.15, 0.2) is 0 Å². The van der Waals surface area contributed by atoms with E-state index in [1.54, 1.807) is 43.6 Å². The van der Waals surface area contributed by atoms with Crippen LogP contribution >= 0.6 is 0 Å². The Morgan fingerprint density at radius 1 is 0.947 bits per heavy atom. The number of carbonyl (C=O) groups is 1. The predicted octanol–water partition coefficient (Wildman–Crippen LogP) is 6.99. The van der Waals surface area contributed by atoms with Crippen LogP contribution in [-0.2, 0) is 33.1 Å². The number of allylic oxidation sites excluding steroid dienone is 4. The van der Waals surface area contributed by atoms with Crippen LogP contribution < -0.4 is 24.9 Å². The molecule has 2 aliphatic heterocycles. The molecule has 2 aliphatic rings. The van der Waals surface area contributed by atoms with Crippen molar-refractivity contribution >= 4 is 68.3 Å². The number of amides is 1. The lowest BCUT2D eigenvalue weighted by atomic mass is 9.89. The second-order valence-electron chi connectivity index (χ2n) is 14.2. The molecule has 15 heteroatoms. The van der Waals surface area contributed by atoms with Crippen molar-refractivity contribution in [3.63, 3.8) is 0 Å². The van der Waals surface area contributed by atoms with Crippen LogP contribution in [0.5, 0.6) is 11.5 Å². The maximum atomic E-state index is 12.8. The first kappa shape index (κ1) is 41.3. The van der Waals surface area contributed by atoms with Gasteiger partial charge in [0.2, 0.25) is 0 Å². The van der Waals surface area contributed by atoms with Crippen LogP contribution in [0.2, 0.25) is 13.1 Å². The number of benzene rings is 4. The molecule has 57 heavy (non-hydrogen) atoms. The van der Waals surface area contributed by atoms with E-state index >= 15 is 0 Å². The molecule has 0 atom stereocenters. The standard InChI is InChI=1S/C42H45N3O9S2Si/c1-8-10-26-21-30(55(47,48)49)12-15-34(26)44-19-17-38-32(9-2)40(41-36(53-4)23-28(42(46)43-3)24-37(41)54-5)33-14-11-29(25-39(33)57(38,6)7)45-20-18-27-22-31(56(50,51)52)13-16-35(27)45/h9,11-17,19,21-25H,2,8,10,18,20H2,1,3-7H3,(H,43,46)(H,47,48,49)(H,50,51,52)/b38-17+,44-19?. The molecule has 4 aromatic rings. The Kier molecular flexibility index (Phi) is 11.5. The van der Waals surface area contributed by atoms with Gasteiger partial charge >= 0.3 is 0 Å². The first-order chi connectivity index (χ1) is 27.0. The second kappa shape index (κ2) is 15.9. The number of methoxy groups -OCH3 is 2. The first-order valence-electron chi connectivity index (χ1n) is 18.2. The molecule has 3 N–H and O–H groups in total. The largest absolute Gasteiger partial charge is 0.496 e. The summed E-state index contributed by atoms with van der Waals surface area (Å²) in [5.74, 6) is 0.521. The Hall–Kier alpha value is -5.32. The number of anilines is 2. The highest BCUT2D eigenvalue weighted by Crippen LogP contribution is 2.47. The van der Waals surface area contributed by atoms with Crippen molar-refractivity contribution in [3.8, 4) is 11.5 Å². The fourth-order valence-electron chi connectivity index (χ4n) is 7.73. The minimum Gasteiger partial charge on any atom is -0.496 e. The molecule has 0 saturated heterocycles. The highest BCUT2D eigenvalue weighted by molar-refractivity contribution is 7.86. The van der Waals surface area contributed by atoms with Gasteiger partial charge in [0, 0.05) is 42.3 Å². The lowest BCUT2D eigenvalue weighted by molar-refractivity contribution is 0.0962. The van der Waals surface area contributed by atoms with Crippen molar-refractivity contribution < 1.29 is 40.2 Å². The molecular weight excluding hydrogens is 783 g/mol. The average molecular weight is 828 g/mol. The van der Waals surface area contributed by atoms with E-state index in [-0.39, 0.29) is 15.7 Å². The summed E-state index contributed by atoms with van der Waals surface area (Å²) in [7, 11) is -6.79. The number of hydrogen-bond donors (Lipinski definition) is 3. The topological polar surface area (TPSA) is 172 Å². The Bertz CT molecular complexity index is 2610. The van der Waals surface area contributed by atoms with E-state index in [1.807, 2.05) is 19.1 Å². The van der Waals surface area contributed by atoms with Crippen LogP contribution in [0.4, 0.5) is 17.1 Å². The third-order valence-electron chi connectivity index (χ3n) is 10.5. The molecule has 0 unspecified atom stereocenters. The Labute approximate surface area is 334 Å². The summed E-state index contributed by atoms with van der Waals surface area (Å²) in [6.45, 7) is 11.3. The van der Waals surface area contributed by atoms with Crippen LogP contribution in [0.1, 0.15) is 46.0 Å². The predicted molar refractivity (Wildman–Crippen MR) is 226 cm³/mol. The van der Waals surface area contributed by atoms with Crippen molar-refractivity contribution in [2.24, 2.45) is 4.99 Å². The van der Waals surface area contributed by atoms with Gasteiger partial charge in [-0.1, -0.05) is 45.2 Å². The number of carbonyl (C=O) groups excluding carboxylic acids is 1. The normalized spacial score (nSPS) is 15.8. The Morgan fingerprint density at radius 2 is 1.60 bits per heavy atom. The van der Waals surface area contributed by atoms with Gasteiger partial charge in [-0.3, -0.25) is 18.9 Å². The SMILES string of the molecule is C=CC1=C(c2c(OC)cc(C(=O)NC)cc2OC)c2ccc(N3CCc4cc(S(=O)(=O)O)ccc43)cc2[Si](C)(C)/C1=C/C=Nc1ccc(S(=O)(=O)O)cc1CCC. The first-order valence-corrected chi connectivity index (χ1v) is 24.1. The summed E-state index contributed by atoms with van der Waals surface area (Å²) < 4.78 is 78.9. The van der Waals surface area contributed by atoms with E-state index in [1.165, 1.54) is 38.5 Å². The lowest BCUT2D eigenvalue weighted by Crippen LogP contribution is -2.49. The molecular formula is C42H45N3O9S2Si. The van der Waals surface area contributed by atoms with Gasteiger partial charge in [0.1, 0.15) is 19.6 Å². The van der Waals surface area contributed by atoms with E-state index in [9.17, 15) is 30.7 Å². The summed E-state index contributed by atoms with van der Waals surface area (Å²) in [6.07, 6.45) is 7.34. The molecule has 298 valence electrons. The van der Waals surface area contributed by atoms with Gasteiger partial charge in [0.25, 0.3) is 26.1 Å². The second-order valence-corrected chi connectivity index (χ2v) is 21.4. The van der Waals surface area contributed by atoms with Gasteiger partial charge < -0.3 is 19.7 Å². The van der Waals surface area contributed by atoms with E-state index < -0.39 is 28.3 Å². The van der Waals surface area contributed by atoms with Crippen LogP contribution in [0.25, 0.3) is 5.57 Å². The number of fused-ring (bicyclic) bond motifs is 2. The van der Waals surface area contributed by atoms with E-state index in [0.29, 0.717) is 53.3 Å². The maximum absolute atomic E-state index is 12.8. The number of hydrogen-bond acceptors (Lipinski definition) is 9. The third-order valence-corrected chi connectivity index (χ3v) is 15.7. The molecule has 0 radical (unpaired) electrons. The molecule has 0 fully saturated rings. The average Bonchev–Trinajstić information content (AvgIpc) is 3.61. The van der Waals surface area contributed by atoms with Gasteiger partial charge in [0.05, 0.1) is 35.3 Å². The Morgan fingerprint density at radius 3 is 2.19 bits per heavy atom. The number of rotatable bonds is 12. The summed E-state index contributed by atoms with van der Waals surface area (Å²) in [5.41, 5.74) is 7.31. The number of aliphatic imine (C=N–C) groups is 1. The van der Waals surface area contributed by atoms with Gasteiger partial charge in [-0.2, -0.15) is 16.8 Å². The molecule has 0 saturated carbocycles. The highest BCUT2D eigenvalue weighted by atomic mass is 32.2. The molecule has 0 aliphatic carbocycles. The van der Waals surface area contributed by atoms with Crippen LogP contribution in [0.15, 0.2) is 111 Å². The van der Waals surface area contributed by atoms with Gasteiger partial charge in [-0.25, -0.2) is 0 Å². The number of nitrogens with zero attached hydrogens (tertiary/aromatic N) is 2. The van der Waals surface area contributed by atoms with Crippen LogP contribution in [0, 0.1) is 0 Å². The minimum absolute atomic E-state index is 0.147. The quantitative estimate of drug-likeness (QED) is 0.0768. The highest BCUT2D eigenvalue weighted by Gasteiger charge is 2.40. The van der Waals surface area contributed by atoms with Crippen molar-refractivity contribution in [3.05, 3.63) is 124 Å². The lowest BCUT2D eigenvalue weighted by Gasteiger charge is -2.38. The smallest absolute Gasteiger partial charge is 0.294 e. The molecule has 0 spiro atoms. The van der Waals surface area contributed by atoms with E-state index in [4.69, 9.17) is 14.5 Å². The molecule has 1 amide bonds. The summed E-state index contributed by atoms with van der Waals surface area (Å²) >= 11 is 0. The number of ether oxygens (including phenoxy) is 2. The van der Waals surface area contributed by atoms with E-state index in [2.05, 4.69) is 42.0 Å². The third kappa shape index (κ3) is 7.85. The van der Waals surface area contributed by atoms with Crippen molar-refractivity contribution in [1.82, 2.24) is 5.32 Å². The van der Waals surface area contributed by atoms with Gasteiger partial charge in [-0.15, -0.1) is 0 Å².